The van der Waals surface area contributed by atoms with E-state index in [4.69, 9.17) is 21.4 Å². The molecule has 0 bridgehead atoms. The predicted octanol–water partition coefficient (Wildman–Crippen LogP) is 4.28. The zero-order chi connectivity index (χ0) is 29.7. The Morgan fingerprint density at radius 2 is 1.83 bits per heavy atom. The van der Waals surface area contributed by atoms with Crippen molar-refractivity contribution in [3.05, 3.63) is 64.0 Å². The van der Waals surface area contributed by atoms with Gasteiger partial charge in [0.05, 0.1) is 16.3 Å². The second-order valence-electron chi connectivity index (χ2n) is 9.36. The summed E-state index contributed by atoms with van der Waals surface area (Å²) in [6, 6.07) is 12.9. The summed E-state index contributed by atoms with van der Waals surface area (Å²) in [5.74, 6) is -3.47. The number of halogens is 1. The summed E-state index contributed by atoms with van der Waals surface area (Å²) < 4.78 is 34.6. The Balaban J connectivity index is 1.74. The van der Waals surface area contributed by atoms with Crippen LogP contribution in [0.1, 0.15) is 35.0 Å². The molecule has 0 spiro atoms. The number of carboxylic acid groups (broad SMARTS) is 2. The van der Waals surface area contributed by atoms with Crippen molar-refractivity contribution in [3.63, 3.8) is 0 Å². The van der Waals surface area contributed by atoms with Gasteiger partial charge in [0, 0.05) is 18.7 Å². The summed E-state index contributed by atoms with van der Waals surface area (Å²) in [4.78, 5) is 34.4. The molecular formula is C27H28ClN3O8S2. The minimum absolute atomic E-state index is 0.0724. The van der Waals surface area contributed by atoms with E-state index in [1.807, 2.05) is 0 Å². The van der Waals surface area contributed by atoms with Crippen LogP contribution in [-0.2, 0) is 25.4 Å². The van der Waals surface area contributed by atoms with E-state index in [1.165, 1.54) is 11.2 Å². The molecule has 1 fully saturated rings. The molecule has 0 radical (unpaired) electrons. The number of benzene rings is 2. The van der Waals surface area contributed by atoms with Crippen LogP contribution in [0.25, 0.3) is 10.4 Å². The molecule has 3 aromatic rings. The molecule has 0 atom stereocenters. The maximum absolute atomic E-state index is 14.0. The number of aliphatic carboxylic acids is 1. The number of aromatic carboxylic acids is 1. The van der Waals surface area contributed by atoms with E-state index in [0.29, 0.717) is 53.3 Å². The van der Waals surface area contributed by atoms with E-state index in [2.05, 4.69) is 10.6 Å². The van der Waals surface area contributed by atoms with Crippen molar-refractivity contribution in [2.45, 2.75) is 31.6 Å². The normalized spacial score (nSPS) is 13.9. The lowest BCUT2D eigenvalue weighted by Crippen LogP contribution is -2.46. The Hall–Kier alpha value is -3.65. The molecule has 4 N–H and O–H groups in total. The van der Waals surface area contributed by atoms with Crippen molar-refractivity contribution in [3.8, 4) is 16.2 Å². The summed E-state index contributed by atoms with van der Waals surface area (Å²) in [6.45, 7) is 1.87. The van der Waals surface area contributed by atoms with Gasteiger partial charge >= 0.3 is 11.9 Å². The van der Waals surface area contributed by atoms with Gasteiger partial charge in [-0.05, 0) is 61.3 Å². The third kappa shape index (κ3) is 7.36. The van der Waals surface area contributed by atoms with Crippen LogP contribution in [0.15, 0.2) is 48.5 Å². The summed E-state index contributed by atoms with van der Waals surface area (Å²) in [5, 5.41) is 24.5. The van der Waals surface area contributed by atoms with Crippen LogP contribution < -0.4 is 19.7 Å². The van der Waals surface area contributed by atoms with Crippen LogP contribution in [0.3, 0.4) is 0 Å². The lowest BCUT2D eigenvalue weighted by atomic mass is 10.1. The van der Waals surface area contributed by atoms with E-state index in [1.54, 1.807) is 48.5 Å². The summed E-state index contributed by atoms with van der Waals surface area (Å²) in [7, 11) is -3.94. The van der Waals surface area contributed by atoms with Gasteiger partial charge in [-0.15, -0.1) is 11.3 Å². The zero-order valence-electron chi connectivity index (χ0n) is 21.9. The number of hydrogen-bond donors (Lipinski definition) is 4. The highest BCUT2D eigenvalue weighted by atomic mass is 35.5. The number of carbonyl (C=O) groups is 3. The topological polar surface area (TPSA) is 162 Å². The fraction of sp³-hybridized carbons (Fsp3) is 0.296. The minimum atomic E-state index is -3.94. The van der Waals surface area contributed by atoms with Gasteiger partial charge in [-0.1, -0.05) is 35.9 Å². The van der Waals surface area contributed by atoms with Crippen LogP contribution in [-0.4, -0.2) is 62.2 Å². The highest BCUT2D eigenvalue weighted by molar-refractivity contribution is 7.92. The Labute approximate surface area is 245 Å². The van der Waals surface area contributed by atoms with Crippen molar-refractivity contribution in [1.82, 2.24) is 5.32 Å². The van der Waals surface area contributed by atoms with Gasteiger partial charge in [-0.3, -0.25) is 9.10 Å². The molecule has 1 aromatic heterocycles. The standard InChI is InChI=1S/C27H28ClN3O8S2/c1-16(32)30-19-6-2-4-17(12-19)15-41(37,38)31(20-8-10-29-11-9-20)21-7-3-5-18(13-21)25-23(28)24(39-14-22(33)34)26(40-25)27(35)36/h2-7,12-13,20,29H,8-11,14-15H2,1H3,(H,30,32)(H,33,34)(H,35,36). The van der Waals surface area contributed by atoms with Gasteiger partial charge in [0.15, 0.2) is 17.2 Å². The number of anilines is 2. The molecule has 218 valence electrons. The first kappa shape index (κ1) is 30.3. The fourth-order valence-corrected chi connectivity index (χ4v) is 7.87. The minimum Gasteiger partial charge on any atom is -0.479 e. The molecule has 0 unspecified atom stereocenters. The van der Waals surface area contributed by atoms with E-state index in [-0.39, 0.29) is 33.4 Å². The fourth-order valence-electron chi connectivity index (χ4n) is 4.63. The van der Waals surface area contributed by atoms with Crippen LogP contribution in [0.4, 0.5) is 11.4 Å². The Bertz CT molecular complexity index is 1570. The molecule has 11 nitrogen and oxygen atoms in total. The largest absolute Gasteiger partial charge is 0.479 e. The van der Waals surface area contributed by atoms with Crippen molar-refractivity contribution < 1.29 is 37.8 Å². The first-order valence-electron chi connectivity index (χ1n) is 12.6. The smallest absolute Gasteiger partial charge is 0.349 e. The van der Waals surface area contributed by atoms with Crippen LogP contribution in [0.2, 0.25) is 5.02 Å². The highest BCUT2D eigenvalue weighted by Gasteiger charge is 2.32. The van der Waals surface area contributed by atoms with Gasteiger partial charge in [0.1, 0.15) is 5.02 Å². The maximum atomic E-state index is 14.0. The number of amides is 1. The van der Waals surface area contributed by atoms with Gasteiger partial charge in [0.25, 0.3) is 0 Å². The Kier molecular flexibility index (Phi) is 9.53. The number of thiophene rings is 1. The monoisotopic (exact) mass is 621 g/mol. The second kappa shape index (κ2) is 12.9. The maximum Gasteiger partial charge on any atom is 0.349 e. The van der Waals surface area contributed by atoms with E-state index in [0.717, 1.165) is 11.3 Å². The van der Waals surface area contributed by atoms with E-state index >= 15 is 0 Å². The molecule has 1 aliphatic rings. The predicted molar refractivity (Wildman–Crippen MR) is 157 cm³/mol. The quantitative estimate of drug-likeness (QED) is 0.245. The van der Waals surface area contributed by atoms with Gasteiger partial charge in [-0.2, -0.15) is 0 Å². The first-order chi connectivity index (χ1) is 19.5. The third-order valence-corrected chi connectivity index (χ3v) is 9.73. The third-order valence-electron chi connectivity index (χ3n) is 6.24. The van der Waals surface area contributed by atoms with E-state index < -0.39 is 28.6 Å². The van der Waals surface area contributed by atoms with Crippen LogP contribution in [0, 0.1) is 0 Å². The second-order valence-corrected chi connectivity index (χ2v) is 12.6. The number of piperidine rings is 1. The van der Waals surface area contributed by atoms with Crippen LogP contribution in [0.5, 0.6) is 5.75 Å². The van der Waals surface area contributed by atoms with Gasteiger partial charge in [0.2, 0.25) is 15.9 Å². The van der Waals surface area contributed by atoms with Crippen LogP contribution >= 0.6 is 22.9 Å². The molecule has 2 heterocycles. The summed E-state index contributed by atoms with van der Waals surface area (Å²) in [5.41, 5.74) is 1.82. The number of rotatable bonds is 11. The SMILES string of the molecule is CC(=O)Nc1cccc(CS(=O)(=O)N(c2cccc(-c3sc(C(=O)O)c(OCC(=O)O)c3Cl)c2)C2CCNCC2)c1. The number of sulfonamides is 1. The number of ether oxygens (including phenoxy) is 1. The van der Waals surface area contributed by atoms with Crippen molar-refractivity contribution in [2.24, 2.45) is 0 Å². The molecule has 41 heavy (non-hydrogen) atoms. The summed E-state index contributed by atoms with van der Waals surface area (Å²) >= 11 is 7.29. The molecule has 1 amide bonds. The molecule has 4 rings (SSSR count). The number of nitrogens with one attached hydrogen (secondary N) is 2. The highest BCUT2D eigenvalue weighted by Crippen LogP contribution is 2.46. The number of nitrogens with zero attached hydrogens (tertiary/aromatic N) is 1. The molecule has 1 saturated heterocycles. The lowest BCUT2D eigenvalue weighted by Gasteiger charge is -2.35. The van der Waals surface area contributed by atoms with Crippen molar-refractivity contribution in [2.75, 3.05) is 29.3 Å². The number of hydrogen-bond acceptors (Lipinski definition) is 8. The summed E-state index contributed by atoms with van der Waals surface area (Å²) in [6.07, 6.45) is 1.15. The lowest BCUT2D eigenvalue weighted by molar-refractivity contribution is -0.139. The molecule has 0 saturated carbocycles. The van der Waals surface area contributed by atoms with Gasteiger partial charge < -0.3 is 25.6 Å². The number of carboxylic acids is 2. The van der Waals surface area contributed by atoms with Gasteiger partial charge in [-0.25, -0.2) is 18.0 Å². The zero-order valence-corrected chi connectivity index (χ0v) is 24.3. The molecule has 0 aliphatic carbocycles. The molecule has 14 heteroatoms. The Morgan fingerprint density at radius 1 is 1.12 bits per heavy atom. The average molecular weight is 622 g/mol. The average Bonchev–Trinajstić information content (AvgIpc) is 3.24. The molecular weight excluding hydrogens is 594 g/mol. The number of carbonyl (C=O) groups excluding carboxylic acids is 1. The first-order valence-corrected chi connectivity index (χ1v) is 15.4. The van der Waals surface area contributed by atoms with E-state index in [9.17, 15) is 27.9 Å². The van der Waals surface area contributed by atoms with Crippen molar-refractivity contribution >= 4 is 62.2 Å². The Morgan fingerprint density at radius 3 is 2.49 bits per heavy atom. The molecule has 1 aliphatic heterocycles. The molecule has 2 aromatic carbocycles. The van der Waals surface area contributed by atoms with Crippen molar-refractivity contribution in [1.29, 1.82) is 0 Å².